The van der Waals surface area contributed by atoms with E-state index in [4.69, 9.17) is 4.74 Å². The number of likely N-dealkylation sites (tertiary alicyclic amines) is 1. The number of hydrogen-bond acceptors (Lipinski definition) is 3. The number of unbranched alkanes of at least 4 members (excludes halogenated alkanes) is 2. The zero-order valence-electron chi connectivity index (χ0n) is 11.4. The van der Waals surface area contributed by atoms with Crippen molar-refractivity contribution in [2.75, 3.05) is 19.7 Å². The summed E-state index contributed by atoms with van der Waals surface area (Å²) in [6, 6.07) is 0.0156. The predicted molar refractivity (Wildman–Crippen MR) is 70.0 cm³/mol. The third kappa shape index (κ3) is 5.07. The number of carbonyl (C=O) groups is 1. The average Bonchev–Trinajstić information content (AvgIpc) is 2.36. The first kappa shape index (κ1) is 14.5. The lowest BCUT2D eigenvalue weighted by atomic mass is 10.0. The smallest absolute Gasteiger partial charge is 0.323 e. The highest BCUT2D eigenvalue weighted by atomic mass is 16.5. The standard InChI is InChI=1S/C14H27NO2/c1-3-5-7-10-13(14(16)17-4-2)15-11-8-6-9-12-15/h13H,3-12H2,1-2H3/t13-/m0/s1. The van der Waals surface area contributed by atoms with Crippen molar-refractivity contribution in [3.63, 3.8) is 0 Å². The molecule has 3 heteroatoms. The Morgan fingerprint density at radius 1 is 1.18 bits per heavy atom. The Kier molecular flexibility index (Phi) is 7.25. The van der Waals surface area contributed by atoms with E-state index >= 15 is 0 Å². The molecule has 1 atom stereocenters. The van der Waals surface area contributed by atoms with E-state index in [2.05, 4.69) is 11.8 Å². The SMILES string of the molecule is CCCCC[C@@H](C(=O)OCC)N1CCCCC1. The van der Waals surface area contributed by atoms with Crippen molar-refractivity contribution in [1.82, 2.24) is 4.90 Å². The van der Waals surface area contributed by atoms with Crippen molar-refractivity contribution in [2.45, 2.75) is 64.8 Å². The first-order valence-corrected chi connectivity index (χ1v) is 7.20. The summed E-state index contributed by atoms with van der Waals surface area (Å²) in [6.07, 6.45) is 8.27. The van der Waals surface area contributed by atoms with Crippen LogP contribution in [0, 0.1) is 0 Å². The van der Waals surface area contributed by atoms with Crippen LogP contribution < -0.4 is 0 Å². The minimum Gasteiger partial charge on any atom is -0.465 e. The highest BCUT2D eigenvalue weighted by Gasteiger charge is 2.27. The van der Waals surface area contributed by atoms with Crippen molar-refractivity contribution in [1.29, 1.82) is 0 Å². The fourth-order valence-electron chi connectivity index (χ4n) is 2.51. The Balaban J connectivity index is 2.47. The van der Waals surface area contributed by atoms with Gasteiger partial charge in [-0.15, -0.1) is 0 Å². The van der Waals surface area contributed by atoms with Gasteiger partial charge in [-0.05, 0) is 39.3 Å². The molecule has 1 aliphatic rings. The number of ether oxygens (including phenoxy) is 1. The summed E-state index contributed by atoms with van der Waals surface area (Å²) in [5, 5.41) is 0. The lowest BCUT2D eigenvalue weighted by Gasteiger charge is -2.33. The fraction of sp³-hybridized carbons (Fsp3) is 0.929. The summed E-state index contributed by atoms with van der Waals surface area (Å²) >= 11 is 0. The Labute approximate surface area is 106 Å². The van der Waals surface area contributed by atoms with Gasteiger partial charge in [-0.3, -0.25) is 9.69 Å². The molecule has 0 spiro atoms. The molecule has 0 N–H and O–H groups in total. The topological polar surface area (TPSA) is 29.5 Å². The van der Waals surface area contributed by atoms with Gasteiger partial charge in [0, 0.05) is 0 Å². The largest absolute Gasteiger partial charge is 0.465 e. The number of hydrogen-bond donors (Lipinski definition) is 0. The Morgan fingerprint density at radius 3 is 2.47 bits per heavy atom. The van der Waals surface area contributed by atoms with Gasteiger partial charge in [0.1, 0.15) is 6.04 Å². The van der Waals surface area contributed by atoms with Gasteiger partial charge < -0.3 is 4.74 Å². The summed E-state index contributed by atoms with van der Waals surface area (Å²) in [6.45, 7) is 6.71. The van der Waals surface area contributed by atoms with E-state index in [-0.39, 0.29) is 12.0 Å². The number of rotatable bonds is 7. The summed E-state index contributed by atoms with van der Waals surface area (Å²) in [5.74, 6) is -0.00879. The van der Waals surface area contributed by atoms with Crippen molar-refractivity contribution in [3.8, 4) is 0 Å². The number of nitrogens with zero attached hydrogens (tertiary/aromatic N) is 1. The van der Waals surface area contributed by atoms with Crippen LogP contribution in [0.1, 0.15) is 58.8 Å². The maximum Gasteiger partial charge on any atom is 0.323 e. The molecule has 0 aliphatic carbocycles. The predicted octanol–water partition coefficient (Wildman–Crippen LogP) is 2.98. The number of carbonyl (C=O) groups excluding carboxylic acids is 1. The van der Waals surface area contributed by atoms with Gasteiger partial charge in [0.15, 0.2) is 0 Å². The van der Waals surface area contributed by atoms with Gasteiger partial charge in [0.2, 0.25) is 0 Å². The monoisotopic (exact) mass is 241 g/mol. The van der Waals surface area contributed by atoms with Gasteiger partial charge in [0.05, 0.1) is 6.61 Å². The van der Waals surface area contributed by atoms with E-state index < -0.39 is 0 Å². The highest BCUT2D eigenvalue weighted by Crippen LogP contribution is 2.17. The zero-order chi connectivity index (χ0) is 12.5. The van der Waals surface area contributed by atoms with E-state index in [9.17, 15) is 4.79 Å². The van der Waals surface area contributed by atoms with Gasteiger partial charge in [0.25, 0.3) is 0 Å². The molecule has 1 aliphatic heterocycles. The quantitative estimate of drug-likeness (QED) is 0.507. The molecular formula is C14H27NO2. The molecule has 1 saturated heterocycles. The zero-order valence-corrected chi connectivity index (χ0v) is 11.4. The second kappa shape index (κ2) is 8.51. The summed E-state index contributed by atoms with van der Waals surface area (Å²) in [7, 11) is 0. The third-order valence-electron chi connectivity index (χ3n) is 3.47. The van der Waals surface area contributed by atoms with E-state index in [1.165, 1.54) is 32.1 Å². The summed E-state index contributed by atoms with van der Waals surface area (Å²) < 4.78 is 5.21. The molecule has 0 saturated carbocycles. The summed E-state index contributed by atoms with van der Waals surface area (Å²) in [4.78, 5) is 14.3. The number of esters is 1. The first-order chi connectivity index (χ1) is 8.29. The summed E-state index contributed by atoms with van der Waals surface area (Å²) in [5.41, 5.74) is 0. The lowest BCUT2D eigenvalue weighted by molar-refractivity contribution is -0.150. The molecule has 1 fully saturated rings. The molecule has 0 amide bonds. The molecule has 1 heterocycles. The minimum atomic E-state index is -0.00879. The van der Waals surface area contributed by atoms with E-state index in [0.717, 1.165) is 25.9 Å². The minimum absolute atomic E-state index is 0.00879. The van der Waals surface area contributed by atoms with Crippen LogP contribution in [0.5, 0.6) is 0 Å². The molecule has 0 aromatic carbocycles. The van der Waals surface area contributed by atoms with Gasteiger partial charge in [-0.2, -0.15) is 0 Å². The Bertz CT molecular complexity index is 212. The second-order valence-electron chi connectivity index (χ2n) is 4.86. The van der Waals surface area contributed by atoms with Crippen LogP contribution in [0.2, 0.25) is 0 Å². The molecule has 0 unspecified atom stereocenters. The molecular weight excluding hydrogens is 214 g/mol. The lowest BCUT2D eigenvalue weighted by Crippen LogP contribution is -2.44. The molecule has 17 heavy (non-hydrogen) atoms. The molecule has 1 rings (SSSR count). The van der Waals surface area contributed by atoms with E-state index in [0.29, 0.717) is 6.61 Å². The third-order valence-corrected chi connectivity index (χ3v) is 3.47. The molecule has 0 radical (unpaired) electrons. The van der Waals surface area contributed by atoms with Crippen molar-refractivity contribution >= 4 is 5.97 Å². The van der Waals surface area contributed by atoms with E-state index in [1.54, 1.807) is 0 Å². The van der Waals surface area contributed by atoms with Crippen LogP contribution in [0.4, 0.5) is 0 Å². The van der Waals surface area contributed by atoms with Crippen molar-refractivity contribution in [2.24, 2.45) is 0 Å². The molecule has 3 nitrogen and oxygen atoms in total. The molecule has 100 valence electrons. The van der Waals surface area contributed by atoms with Crippen LogP contribution in [-0.4, -0.2) is 36.6 Å². The van der Waals surface area contributed by atoms with Gasteiger partial charge in [-0.1, -0.05) is 32.6 Å². The van der Waals surface area contributed by atoms with E-state index in [1.807, 2.05) is 6.92 Å². The van der Waals surface area contributed by atoms with Gasteiger partial charge in [-0.25, -0.2) is 0 Å². The Morgan fingerprint density at radius 2 is 1.88 bits per heavy atom. The van der Waals surface area contributed by atoms with Crippen molar-refractivity contribution in [3.05, 3.63) is 0 Å². The van der Waals surface area contributed by atoms with Crippen molar-refractivity contribution < 1.29 is 9.53 Å². The molecule has 0 aromatic heterocycles. The van der Waals surface area contributed by atoms with Crippen LogP contribution in [0.3, 0.4) is 0 Å². The fourth-order valence-corrected chi connectivity index (χ4v) is 2.51. The maximum absolute atomic E-state index is 12.0. The van der Waals surface area contributed by atoms with Crippen LogP contribution in [0.25, 0.3) is 0 Å². The molecule has 0 bridgehead atoms. The first-order valence-electron chi connectivity index (χ1n) is 7.20. The number of piperidine rings is 1. The second-order valence-corrected chi connectivity index (χ2v) is 4.86. The maximum atomic E-state index is 12.0. The average molecular weight is 241 g/mol. The van der Waals surface area contributed by atoms with Crippen LogP contribution in [0.15, 0.2) is 0 Å². The van der Waals surface area contributed by atoms with Crippen LogP contribution in [-0.2, 0) is 9.53 Å². The van der Waals surface area contributed by atoms with Gasteiger partial charge >= 0.3 is 5.97 Å². The van der Waals surface area contributed by atoms with Crippen LogP contribution >= 0.6 is 0 Å². The highest BCUT2D eigenvalue weighted by molar-refractivity contribution is 5.75. The Hall–Kier alpha value is -0.570. The normalized spacial score (nSPS) is 18.9. The molecule has 0 aromatic rings.